The van der Waals surface area contributed by atoms with Crippen molar-refractivity contribution < 1.29 is 9.59 Å². The van der Waals surface area contributed by atoms with Crippen molar-refractivity contribution in [1.82, 2.24) is 10.2 Å². The Morgan fingerprint density at radius 1 is 1.77 bits per heavy atom. The van der Waals surface area contributed by atoms with Gasteiger partial charge in [0, 0.05) is 26.6 Å². The second kappa shape index (κ2) is 4.23. The first kappa shape index (κ1) is 9.98. The lowest BCUT2D eigenvalue weighted by Gasteiger charge is -2.19. The molecule has 0 saturated carbocycles. The van der Waals surface area contributed by atoms with Crippen LogP contribution in [0.15, 0.2) is 0 Å². The van der Waals surface area contributed by atoms with E-state index in [0.29, 0.717) is 25.9 Å². The van der Waals surface area contributed by atoms with Gasteiger partial charge in [0.2, 0.25) is 11.8 Å². The average molecular weight is 185 g/mol. The number of carbonyl (C=O) groups is 2. The summed E-state index contributed by atoms with van der Waals surface area (Å²) in [6.45, 7) is 0.980. The molecule has 1 atom stereocenters. The zero-order chi connectivity index (χ0) is 9.84. The van der Waals surface area contributed by atoms with Gasteiger partial charge in [-0.05, 0) is 6.42 Å². The van der Waals surface area contributed by atoms with E-state index in [4.69, 9.17) is 5.73 Å². The van der Waals surface area contributed by atoms with Gasteiger partial charge in [-0.3, -0.25) is 9.59 Å². The zero-order valence-electron chi connectivity index (χ0n) is 7.75. The van der Waals surface area contributed by atoms with E-state index in [0.717, 1.165) is 0 Å². The monoisotopic (exact) mass is 185 g/mol. The number of nitrogens with two attached hydrogens (primary N) is 1. The highest BCUT2D eigenvalue weighted by Gasteiger charge is 2.28. The van der Waals surface area contributed by atoms with Gasteiger partial charge in [-0.1, -0.05) is 0 Å². The number of rotatable bonds is 3. The Hall–Kier alpha value is -1.10. The number of nitrogens with zero attached hydrogens (tertiary/aromatic N) is 1. The van der Waals surface area contributed by atoms with Crippen LogP contribution in [0.25, 0.3) is 0 Å². The highest BCUT2D eigenvalue weighted by molar-refractivity contribution is 5.90. The Morgan fingerprint density at radius 3 is 2.92 bits per heavy atom. The summed E-state index contributed by atoms with van der Waals surface area (Å²) in [5.41, 5.74) is 5.31. The molecule has 3 N–H and O–H groups in total. The largest absolute Gasteiger partial charge is 0.344 e. The fourth-order valence-corrected chi connectivity index (χ4v) is 1.37. The minimum Gasteiger partial charge on any atom is -0.344 e. The molecule has 13 heavy (non-hydrogen) atoms. The summed E-state index contributed by atoms with van der Waals surface area (Å²) in [5.74, 6) is -0.0872. The molecule has 0 bridgehead atoms. The molecule has 1 aliphatic rings. The molecule has 1 aliphatic heterocycles. The summed E-state index contributed by atoms with van der Waals surface area (Å²) in [5, 5.41) is 2.62. The number of hydrogen-bond donors (Lipinski definition) is 2. The van der Waals surface area contributed by atoms with Crippen molar-refractivity contribution in [2.45, 2.75) is 18.9 Å². The van der Waals surface area contributed by atoms with Gasteiger partial charge >= 0.3 is 0 Å². The summed E-state index contributed by atoms with van der Waals surface area (Å²) in [6.07, 6.45) is 1.06. The third kappa shape index (κ3) is 2.42. The molecule has 0 aromatic carbocycles. The molecule has 5 nitrogen and oxygen atoms in total. The van der Waals surface area contributed by atoms with Crippen LogP contribution in [0.3, 0.4) is 0 Å². The fraction of sp³-hybridized carbons (Fsp3) is 0.750. The Labute approximate surface area is 77.3 Å². The molecule has 0 radical (unpaired) electrons. The Balaban J connectivity index is 2.43. The van der Waals surface area contributed by atoms with E-state index in [9.17, 15) is 9.59 Å². The van der Waals surface area contributed by atoms with Crippen molar-refractivity contribution in [3.8, 4) is 0 Å². The predicted octanol–water partition coefficient (Wildman–Crippen LogP) is -1.32. The second-order valence-electron chi connectivity index (χ2n) is 3.21. The van der Waals surface area contributed by atoms with E-state index < -0.39 is 0 Å². The van der Waals surface area contributed by atoms with Crippen LogP contribution in [0.2, 0.25) is 0 Å². The van der Waals surface area contributed by atoms with Crippen LogP contribution in [-0.2, 0) is 9.59 Å². The van der Waals surface area contributed by atoms with Gasteiger partial charge < -0.3 is 16.0 Å². The number of carbonyl (C=O) groups excluding carboxylic acids is 2. The zero-order valence-corrected chi connectivity index (χ0v) is 7.75. The van der Waals surface area contributed by atoms with E-state index in [2.05, 4.69) is 5.32 Å². The third-order valence-electron chi connectivity index (χ3n) is 2.13. The van der Waals surface area contributed by atoms with Crippen LogP contribution < -0.4 is 11.1 Å². The molecular formula is C8H15N3O2. The highest BCUT2D eigenvalue weighted by Crippen LogP contribution is 2.08. The van der Waals surface area contributed by atoms with Crippen molar-refractivity contribution in [1.29, 1.82) is 0 Å². The SMILES string of the molecule is CN(CCN)C(=O)[C@@H]1CCC(=O)N1. The van der Waals surface area contributed by atoms with Crippen molar-refractivity contribution in [3.63, 3.8) is 0 Å². The van der Waals surface area contributed by atoms with E-state index in [1.807, 2.05) is 0 Å². The molecule has 74 valence electrons. The number of amides is 2. The lowest BCUT2D eigenvalue weighted by atomic mass is 10.2. The Kier molecular flexibility index (Phi) is 3.25. The van der Waals surface area contributed by atoms with Crippen LogP contribution in [0, 0.1) is 0 Å². The summed E-state index contributed by atoms with van der Waals surface area (Å²) >= 11 is 0. The fourth-order valence-electron chi connectivity index (χ4n) is 1.37. The van der Waals surface area contributed by atoms with Crippen molar-refractivity contribution >= 4 is 11.8 Å². The van der Waals surface area contributed by atoms with Gasteiger partial charge in [-0.25, -0.2) is 0 Å². The van der Waals surface area contributed by atoms with Gasteiger partial charge in [0.25, 0.3) is 0 Å². The highest BCUT2D eigenvalue weighted by atomic mass is 16.2. The lowest BCUT2D eigenvalue weighted by molar-refractivity contribution is -0.133. The molecule has 1 fully saturated rings. The Bertz CT molecular complexity index is 217. The molecule has 0 unspecified atom stereocenters. The Morgan fingerprint density at radius 2 is 2.46 bits per heavy atom. The maximum absolute atomic E-state index is 11.5. The first-order valence-electron chi connectivity index (χ1n) is 4.39. The topological polar surface area (TPSA) is 75.4 Å². The molecule has 0 aromatic rings. The standard InChI is InChI=1S/C8H15N3O2/c1-11(5-4-9)8(13)6-2-3-7(12)10-6/h6H,2-5,9H2,1H3,(H,10,12)/t6-/m0/s1. The number of nitrogens with one attached hydrogen (secondary N) is 1. The minimum atomic E-state index is -0.330. The van der Waals surface area contributed by atoms with Crippen LogP contribution in [0.4, 0.5) is 0 Å². The quantitative estimate of drug-likeness (QED) is 0.572. The summed E-state index contributed by atoms with van der Waals surface area (Å²) in [4.78, 5) is 23.9. The molecule has 0 aliphatic carbocycles. The van der Waals surface area contributed by atoms with E-state index >= 15 is 0 Å². The van der Waals surface area contributed by atoms with Crippen LogP contribution >= 0.6 is 0 Å². The van der Waals surface area contributed by atoms with Gasteiger partial charge in [0.05, 0.1) is 0 Å². The molecule has 1 heterocycles. The molecule has 1 rings (SSSR count). The third-order valence-corrected chi connectivity index (χ3v) is 2.13. The van der Waals surface area contributed by atoms with Gasteiger partial charge in [-0.15, -0.1) is 0 Å². The van der Waals surface area contributed by atoms with Gasteiger partial charge in [-0.2, -0.15) is 0 Å². The van der Waals surface area contributed by atoms with E-state index in [-0.39, 0.29) is 17.9 Å². The van der Waals surface area contributed by atoms with Gasteiger partial charge in [0.15, 0.2) is 0 Å². The van der Waals surface area contributed by atoms with Crippen LogP contribution in [0.1, 0.15) is 12.8 Å². The van der Waals surface area contributed by atoms with E-state index in [1.165, 1.54) is 0 Å². The summed E-state index contributed by atoms with van der Waals surface area (Å²) < 4.78 is 0. The summed E-state index contributed by atoms with van der Waals surface area (Å²) in [6, 6.07) is -0.330. The molecular weight excluding hydrogens is 170 g/mol. The molecule has 2 amide bonds. The molecule has 5 heteroatoms. The molecule has 0 aromatic heterocycles. The molecule has 0 spiro atoms. The van der Waals surface area contributed by atoms with E-state index in [1.54, 1.807) is 11.9 Å². The lowest BCUT2D eigenvalue weighted by Crippen LogP contribution is -2.44. The van der Waals surface area contributed by atoms with Crippen molar-refractivity contribution in [2.75, 3.05) is 20.1 Å². The van der Waals surface area contributed by atoms with Crippen molar-refractivity contribution in [3.05, 3.63) is 0 Å². The summed E-state index contributed by atoms with van der Waals surface area (Å²) in [7, 11) is 1.69. The minimum absolute atomic E-state index is 0.0421. The maximum Gasteiger partial charge on any atom is 0.244 e. The number of hydrogen-bond acceptors (Lipinski definition) is 3. The predicted molar refractivity (Wildman–Crippen MR) is 47.9 cm³/mol. The van der Waals surface area contributed by atoms with Crippen molar-refractivity contribution in [2.24, 2.45) is 5.73 Å². The smallest absolute Gasteiger partial charge is 0.244 e. The first-order valence-corrected chi connectivity index (χ1v) is 4.39. The second-order valence-corrected chi connectivity index (χ2v) is 3.21. The van der Waals surface area contributed by atoms with Gasteiger partial charge in [0.1, 0.15) is 6.04 Å². The van der Waals surface area contributed by atoms with Crippen LogP contribution in [0.5, 0.6) is 0 Å². The maximum atomic E-state index is 11.5. The average Bonchev–Trinajstić information content (AvgIpc) is 2.51. The normalized spacial score (nSPS) is 21.4. The number of likely N-dealkylation sites (N-methyl/N-ethyl adjacent to an activating group) is 1. The first-order chi connectivity index (χ1) is 6.15. The van der Waals surface area contributed by atoms with Crippen LogP contribution in [-0.4, -0.2) is 42.9 Å². The molecule has 1 saturated heterocycles.